The van der Waals surface area contributed by atoms with Crippen LogP contribution in [0.1, 0.15) is 38.7 Å². The number of nitrogens with one attached hydrogen (secondary N) is 2. The maximum atomic E-state index is 11.5. The second-order valence-electron chi connectivity index (χ2n) is 6.50. The summed E-state index contributed by atoms with van der Waals surface area (Å²) in [5.41, 5.74) is 1.54. The number of nitrogens with zero attached hydrogens (tertiary/aromatic N) is 1. The Morgan fingerprint density at radius 1 is 1.29 bits per heavy atom. The number of hydrogen-bond donors (Lipinski definition) is 2. The summed E-state index contributed by atoms with van der Waals surface area (Å²) >= 11 is 0. The zero-order valence-electron chi connectivity index (χ0n) is 15.0. The van der Waals surface area contributed by atoms with Crippen LogP contribution < -0.4 is 10.6 Å². The predicted octanol–water partition coefficient (Wildman–Crippen LogP) is 2.47. The molecule has 1 unspecified atom stereocenters. The number of aliphatic imine (C=N–C) groups is 1. The van der Waals surface area contributed by atoms with Crippen molar-refractivity contribution in [3.8, 4) is 0 Å². The van der Waals surface area contributed by atoms with Crippen LogP contribution in [0.4, 0.5) is 0 Å². The lowest BCUT2D eigenvalue weighted by Crippen LogP contribution is -2.43. The van der Waals surface area contributed by atoms with E-state index in [0.717, 1.165) is 19.0 Å². The normalized spacial score (nSPS) is 17.5. The second-order valence-corrected chi connectivity index (χ2v) is 6.50. The van der Waals surface area contributed by atoms with Gasteiger partial charge in [0.05, 0.1) is 19.6 Å². The third-order valence-corrected chi connectivity index (χ3v) is 4.76. The fraction of sp³-hybridized carbons (Fsp3) is 0.579. The van der Waals surface area contributed by atoms with Gasteiger partial charge in [-0.15, -0.1) is 0 Å². The molecule has 0 radical (unpaired) electrons. The highest BCUT2D eigenvalue weighted by atomic mass is 16.5. The maximum absolute atomic E-state index is 11.5. The van der Waals surface area contributed by atoms with Gasteiger partial charge in [-0.25, -0.2) is 0 Å². The Kier molecular flexibility index (Phi) is 6.64. The number of carbonyl (C=O) groups is 1. The zero-order chi connectivity index (χ0) is 17.4. The van der Waals surface area contributed by atoms with Gasteiger partial charge >= 0.3 is 5.97 Å². The molecule has 1 aliphatic carbocycles. The first-order valence-corrected chi connectivity index (χ1v) is 8.77. The molecule has 2 rings (SSSR count). The van der Waals surface area contributed by atoms with E-state index in [1.54, 1.807) is 0 Å². The van der Waals surface area contributed by atoms with E-state index in [1.165, 1.54) is 31.9 Å². The number of carbonyl (C=O) groups excluding carboxylic acids is 1. The second kappa shape index (κ2) is 8.71. The quantitative estimate of drug-likeness (QED) is 0.458. The molecule has 1 aliphatic rings. The maximum Gasteiger partial charge on any atom is 0.310 e. The van der Waals surface area contributed by atoms with Crippen molar-refractivity contribution in [1.82, 2.24) is 10.6 Å². The Labute approximate surface area is 144 Å². The largest absolute Gasteiger partial charge is 0.469 e. The summed E-state index contributed by atoms with van der Waals surface area (Å²) in [4.78, 5) is 16.3. The average molecular weight is 331 g/mol. The van der Waals surface area contributed by atoms with Crippen LogP contribution in [0.2, 0.25) is 0 Å². The summed E-state index contributed by atoms with van der Waals surface area (Å²) in [6, 6.07) is 10.7. The number of hydrogen-bond acceptors (Lipinski definition) is 3. The number of guanidine groups is 1. The van der Waals surface area contributed by atoms with Crippen LogP contribution in [0.15, 0.2) is 35.3 Å². The van der Waals surface area contributed by atoms with E-state index in [2.05, 4.69) is 41.0 Å². The summed E-state index contributed by atoms with van der Waals surface area (Å²) in [7, 11) is 1.42. The zero-order valence-corrected chi connectivity index (χ0v) is 15.0. The van der Waals surface area contributed by atoms with Crippen molar-refractivity contribution in [2.45, 2.75) is 38.5 Å². The van der Waals surface area contributed by atoms with Crippen LogP contribution >= 0.6 is 0 Å². The molecule has 0 aromatic heterocycles. The van der Waals surface area contributed by atoms with Gasteiger partial charge in [-0.2, -0.15) is 0 Å². The van der Waals surface area contributed by atoms with Crippen LogP contribution in [0.3, 0.4) is 0 Å². The van der Waals surface area contributed by atoms with Gasteiger partial charge in [-0.05, 0) is 25.3 Å². The fourth-order valence-corrected chi connectivity index (χ4v) is 3.04. The van der Waals surface area contributed by atoms with Crippen molar-refractivity contribution in [3.63, 3.8) is 0 Å². The first kappa shape index (κ1) is 18.3. The molecule has 1 fully saturated rings. The van der Waals surface area contributed by atoms with Gasteiger partial charge in [0, 0.05) is 18.5 Å². The topological polar surface area (TPSA) is 62.7 Å². The lowest BCUT2D eigenvalue weighted by Gasteiger charge is -2.41. The standard InChI is InChI=1S/C19H29N3O2/c1-4-20-18(21-13-15(2)17(23)24-3)22-14-19(11-8-12-19)16-9-6-5-7-10-16/h5-7,9-10,15H,4,8,11-14H2,1-3H3,(H2,20,21,22). The Morgan fingerprint density at radius 2 is 2.00 bits per heavy atom. The van der Waals surface area contributed by atoms with Gasteiger partial charge in [0.1, 0.15) is 0 Å². The molecule has 132 valence electrons. The monoisotopic (exact) mass is 331 g/mol. The molecule has 0 aliphatic heterocycles. The minimum atomic E-state index is -0.210. The van der Waals surface area contributed by atoms with Crippen molar-refractivity contribution >= 4 is 11.9 Å². The van der Waals surface area contributed by atoms with Crippen molar-refractivity contribution in [2.24, 2.45) is 10.9 Å². The summed E-state index contributed by atoms with van der Waals surface area (Å²) in [5, 5.41) is 6.50. The molecule has 24 heavy (non-hydrogen) atoms. The van der Waals surface area contributed by atoms with Crippen LogP contribution in [-0.2, 0) is 14.9 Å². The summed E-state index contributed by atoms with van der Waals surface area (Å²) < 4.78 is 4.76. The van der Waals surface area contributed by atoms with Gasteiger partial charge in [0.15, 0.2) is 5.96 Å². The lowest BCUT2D eigenvalue weighted by atomic mass is 9.64. The Hall–Kier alpha value is -2.04. The molecule has 0 heterocycles. The van der Waals surface area contributed by atoms with Crippen LogP contribution in [0.5, 0.6) is 0 Å². The molecule has 1 aromatic carbocycles. The van der Waals surface area contributed by atoms with Gasteiger partial charge in [-0.3, -0.25) is 9.79 Å². The molecular weight excluding hydrogens is 302 g/mol. The van der Waals surface area contributed by atoms with E-state index in [4.69, 9.17) is 9.73 Å². The molecule has 5 nitrogen and oxygen atoms in total. The van der Waals surface area contributed by atoms with E-state index in [0.29, 0.717) is 6.54 Å². The minimum absolute atomic E-state index is 0.164. The highest BCUT2D eigenvalue weighted by Gasteiger charge is 2.38. The molecule has 5 heteroatoms. The van der Waals surface area contributed by atoms with E-state index < -0.39 is 0 Å². The van der Waals surface area contributed by atoms with Crippen molar-refractivity contribution < 1.29 is 9.53 Å². The van der Waals surface area contributed by atoms with Gasteiger partial charge in [-0.1, -0.05) is 43.7 Å². The summed E-state index contributed by atoms with van der Waals surface area (Å²) in [6.45, 7) is 5.95. The van der Waals surface area contributed by atoms with E-state index >= 15 is 0 Å². The van der Waals surface area contributed by atoms with Gasteiger partial charge < -0.3 is 15.4 Å². The molecule has 1 saturated carbocycles. The molecule has 2 N–H and O–H groups in total. The molecule has 0 spiro atoms. The van der Waals surface area contributed by atoms with Crippen molar-refractivity contribution in [2.75, 3.05) is 26.7 Å². The highest BCUT2D eigenvalue weighted by Crippen LogP contribution is 2.43. The van der Waals surface area contributed by atoms with Gasteiger partial charge in [0.2, 0.25) is 0 Å². The third kappa shape index (κ3) is 4.49. The third-order valence-electron chi connectivity index (χ3n) is 4.76. The Morgan fingerprint density at radius 3 is 2.54 bits per heavy atom. The number of esters is 1. The molecule has 0 amide bonds. The summed E-state index contributed by atoms with van der Waals surface area (Å²) in [6.07, 6.45) is 3.62. The highest BCUT2D eigenvalue weighted by molar-refractivity contribution is 5.80. The number of methoxy groups -OCH3 is 1. The molecule has 0 saturated heterocycles. The lowest BCUT2D eigenvalue weighted by molar-refractivity contribution is -0.144. The predicted molar refractivity (Wildman–Crippen MR) is 97.1 cm³/mol. The Bertz CT molecular complexity index is 553. The van der Waals surface area contributed by atoms with E-state index in [-0.39, 0.29) is 17.3 Å². The van der Waals surface area contributed by atoms with Crippen LogP contribution in [-0.4, -0.2) is 38.7 Å². The van der Waals surface area contributed by atoms with Crippen LogP contribution in [0.25, 0.3) is 0 Å². The SMILES string of the molecule is CCNC(=NCC1(c2ccccc2)CCC1)NCC(C)C(=O)OC. The minimum Gasteiger partial charge on any atom is -0.469 e. The average Bonchev–Trinajstić information content (AvgIpc) is 2.58. The smallest absolute Gasteiger partial charge is 0.310 e. The van der Waals surface area contributed by atoms with Crippen molar-refractivity contribution in [1.29, 1.82) is 0 Å². The molecule has 0 bridgehead atoms. The van der Waals surface area contributed by atoms with E-state index in [1.807, 2.05) is 13.8 Å². The van der Waals surface area contributed by atoms with Crippen LogP contribution in [0, 0.1) is 5.92 Å². The number of ether oxygens (including phenoxy) is 1. The van der Waals surface area contributed by atoms with Crippen molar-refractivity contribution in [3.05, 3.63) is 35.9 Å². The first-order valence-electron chi connectivity index (χ1n) is 8.77. The number of rotatable bonds is 7. The Balaban J connectivity index is 2.00. The molecule has 1 atom stereocenters. The summed E-state index contributed by atoms with van der Waals surface area (Å²) in [5.74, 6) is 0.346. The first-order chi connectivity index (χ1) is 11.6. The molecular formula is C19H29N3O2. The fourth-order valence-electron chi connectivity index (χ4n) is 3.04. The number of benzene rings is 1. The molecule has 1 aromatic rings. The van der Waals surface area contributed by atoms with Gasteiger partial charge in [0.25, 0.3) is 0 Å². The van der Waals surface area contributed by atoms with E-state index in [9.17, 15) is 4.79 Å².